The Morgan fingerprint density at radius 3 is 2.27 bits per heavy atom. The monoisotopic (exact) mass is 150 g/mol. The molecule has 0 radical (unpaired) electrons. The summed E-state index contributed by atoms with van der Waals surface area (Å²) in [7, 11) is 0. The van der Waals surface area contributed by atoms with Crippen LogP contribution >= 0.6 is 0 Å². The molecule has 0 aliphatic carbocycles. The van der Waals surface area contributed by atoms with Gasteiger partial charge in [-0.1, -0.05) is 11.8 Å². The van der Waals surface area contributed by atoms with Crippen LogP contribution in [0.25, 0.3) is 0 Å². The van der Waals surface area contributed by atoms with Crippen molar-refractivity contribution in [3.05, 3.63) is 12.2 Å². The molecule has 0 rings (SSSR count). The van der Waals surface area contributed by atoms with E-state index in [4.69, 9.17) is 0 Å². The van der Waals surface area contributed by atoms with Crippen LogP contribution in [0.3, 0.4) is 0 Å². The number of rotatable bonds is 1. The van der Waals surface area contributed by atoms with Gasteiger partial charge in [0.15, 0.2) is 5.78 Å². The van der Waals surface area contributed by atoms with Crippen molar-refractivity contribution in [2.24, 2.45) is 5.41 Å². The van der Waals surface area contributed by atoms with Crippen LogP contribution in [0, 0.1) is 17.3 Å². The van der Waals surface area contributed by atoms with E-state index < -0.39 is 0 Å². The Bertz CT molecular complexity index is 217. The van der Waals surface area contributed by atoms with Gasteiger partial charge in [0.2, 0.25) is 0 Å². The first-order valence-electron chi connectivity index (χ1n) is 3.61. The molecule has 0 atom stereocenters. The molecule has 0 bridgehead atoms. The summed E-state index contributed by atoms with van der Waals surface area (Å²) < 4.78 is 0. The van der Waals surface area contributed by atoms with Gasteiger partial charge in [-0.05, 0) is 39.8 Å². The van der Waals surface area contributed by atoms with Gasteiger partial charge in [0.05, 0.1) is 0 Å². The quantitative estimate of drug-likeness (QED) is 0.413. The van der Waals surface area contributed by atoms with Crippen LogP contribution < -0.4 is 0 Å². The van der Waals surface area contributed by atoms with Gasteiger partial charge in [-0.2, -0.15) is 0 Å². The molecule has 0 fully saturated rings. The van der Waals surface area contributed by atoms with Crippen molar-refractivity contribution in [2.75, 3.05) is 0 Å². The fourth-order valence-electron chi connectivity index (χ4n) is 0.417. The minimum absolute atomic E-state index is 0.0150. The molecular weight excluding hydrogens is 136 g/mol. The van der Waals surface area contributed by atoms with Gasteiger partial charge in [-0.15, -0.1) is 0 Å². The summed E-state index contributed by atoms with van der Waals surface area (Å²) >= 11 is 0. The third kappa shape index (κ3) is 8.97. The first-order chi connectivity index (χ1) is 4.92. The minimum atomic E-state index is 0.0150. The summed E-state index contributed by atoms with van der Waals surface area (Å²) in [6.07, 6.45) is 3.06. The van der Waals surface area contributed by atoms with E-state index in [0.29, 0.717) is 0 Å². The maximum absolute atomic E-state index is 10.4. The molecule has 60 valence electrons. The summed E-state index contributed by atoms with van der Waals surface area (Å²) in [5.41, 5.74) is 0.0150. The fourth-order valence-corrected chi connectivity index (χ4v) is 0.417. The first-order valence-corrected chi connectivity index (χ1v) is 3.61. The smallest absolute Gasteiger partial charge is 0.153 e. The van der Waals surface area contributed by atoms with E-state index in [-0.39, 0.29) is 11.2 Å². The predicted octanol–water partition coefficient (Wildman–Crippen LogP) is 2.18. The molecule has 0 amide bonds. The third-order valence-corrected chi connectivity index (χ3v) is 0.849. The van der Waals surface area contributed by atoms with Crippen molar-refractivity contribution in [2.45, 2.75) is 27.7 Å². The topological polar surface area (TPSA) is 17.1 Å². The SMILES string of the molecule is CC(=O)C=CC#CC(C)(C)C. The van der Waals surface area contributed by atoms with Crippen molar-refractivity contribution >= 4 is 5.78 Å². The van der Waals surface area contributed by atoms with Crippen LogP contribution in [0.4, 0.5) is 0 Å². The maximum Gasteiger partial charge on any atom is 0.153 e. The molecule has 1 nitrogen and oxygen atoms in total. The van der Waals surface area contributed by atoms with Crippen LogP contribution in [0.5, 0.6) is 0 Å². The number of allylic oxidation sites excluding steroid dienone is 2. The molecule has 0 saturated carbocycles. The van der Waals surface area contributed by atoms with Gasteiger partial charge in [-0.25, -0.2) is 0 Å². The highest BCUT2D eigenvalue weighted by Gasteiger charge is 2.02. The van der Waals surface area contributed by atoms with Crippen molar-refractivity contribution in [3.63, 3.8) is 0 Å². The van der Waals surface area contributed by atoms with Crippen LogP contribution in [0.1, 0.15) is 27.7 Å². The summed E-state index contributed by atoms with van der Waals surface area (Å²) in [5, 5.41) is 0. The molecule has 0 heterocycles. The van der Waals surface area contributed by atoms with E-state index in [0.717, 1.165) is 0 Å². The van der Waals surface area contributed by atoms with Crippen LogP contribution in [0.15, 0.2) is 12.2 Å². The number of hydrogen-bond acceptors (Lipinski definition) is 1. The molecular formula is C10H14O. The average molecular weight is 150 g/mol. The molecule has 0 spiro atoms. The lowest BCUT2D eigenvalue weighted by molar-refractivity contribution is -0.112. The fraction of sp³-hybridized carbons (Fsp3) is 0.500. The van der Waals surface area contributed by atoms with Gasteiger partial charge in [0.25, 0.3) is 0 Å². The van der Waals surface area contributed by atoms with E-state index in [1.807, 2.05) is 20.8 Å². The van der Waals surface area contributed by atoms with E-state index in [1.54, 1.807) is 6.08 Å². The Morgan fingerprint density at radius 1 is 1.36 bits per heavy atom. The lowest BCUT2D eigenvalue weighted by atomic mass is 9.98. The van der Waals surface area contributed by atoms with Gasteiger partial charge >= 0.3 is 0 Å². The Labute approximate surface area is 68.5 Å². The van der Waals surface area contributed by atoms with E-state index in [2.05, 4.69) is 11.8 Å². The zero-order valence-electron chi connectivity index (χ0n) is 7.56. The molecule has 0 aromatic rings. The van der Waals surface area contributed by atoms with Crippen LogP contribution in [-0.2, 0) is 4.79 Å². The van der Waals surface area contributed by atoms with Gasteiger partial charge in [0.1, 0.15) is 0 Å². The highest BCUT2D eigenvalue weighted by atomic mass is 16.1. The number of hydrogen-bond donors (Lipinski definition) is 0. The number of carbonyl (C=O) groups excluding carboxylic acids is 1. The first kappa shape index (κ1) is 9.97. The second-order valence-electron chi connectivity index (χ2n) is 3.46. The molecule has 0 aromatic carbocycles. The summed E-state index contributed by atoms with van der Waals surface area (Å²) in [4.78, 5) is 10.4. The molecule has 0 aliphatic rings. The van der Waals surface area contributed by atoms with Crippen LogP contribution in [-0.4, -0.2) is 5.78 Å². The number of ketones is 1. The van der Waals surface area contributed by atoms with E-state index >= 15 is 0 Å². The molecule has 0 aliphatic heterocycles. The summed E-state index contributed by atoms with van der Waals surface area (Å²) in [6, 6.07) is 0. The zero-order valence-corrected chi connectivity index (χ0v) is 7.56. The summed E-state index contributed by atoms with van der Waals surface area (Å²) in [6.45, 7) is 7.60. The zero-order chi connectivity index (χ0) is 8.91. The largest absolute Gasteiger partial charge is 0.295 e. The normalized spacial score (nSPS) is 10.9. The second kappa shape index (κ2) is 3.98. The minimum Gasteiger partial charge on any atom is -0.295 e. The number of carbonyl (C=O) groups is 1. The van der Waals surface area contributed by atoms with Gasteiger partial charge in [-0.3, -0.25) is 4.79 Å². The molecule has 11 heavy (non-hydrogen) atoms. The Balaban J connectivity index is 4.02. The van der Waals surface area contributed by atoms with Crippen molar-refractivity contribution in [1.29, 1.82) is 0 Å². The van der Waals surface area contributed by atoms with Gasteiger partial charge in [0, 0.05) is 5.41 Å². The molecule has 0 unspecified atom stereocenters. The predicted molar refractivity (Wildman–Crippen MR) is 47.1 cm³/mol. The third-order valence-electron chi connectivity index (χ3n) is 0.849. The molecule has 0 N–H and O–H groups in total. The molecule has 1 heteroatoms. The van der Waals surface area contributed by atoms with E-state index in [1.165, 1.54) is 13.0 Å². The standard InChI is InChI=1S/C10H14O/c1-9(11)7-5-6-8-10(2,3)4/h5,7H,1-4H3. The highest BCUT2D eigenvalue weighted by Crippen LogP contribution is 2.09. The van der Waals surface area contributed by atoms with E-state index in [9.17, 15) is 4.79 Å². The second-order valence-corrected chi connectivity index (χ2v) is 3.46. The van der Waals surface area contributed by atoms with Crippen LogP contribution in [0.2, 0.25) is 0 Å². The van der Waals surface area contributed by atoms with Crippen molar-refractivity contribution in [1.82, 2.24) is 0 Å². The summed E-state index contributed by atoms with van der Waals surface area (Å²) in [5.74, 6) is 5.83. The Hall–Kier alpha value is -1.03. The van der Waals surface area contributed by atoms with Crippen molar-refractivity contribution in [3.8, 4) is 11.8 Å². The average Bonchev–Trinajstić information content (AvgIpc) is 1.78. The highest BCUT2D eigenvalue weighted by molar-refractivity contribution is 5.87. The Morgan fingerprint density at radius 2 is 1.91 bits per heavy atom. The lowest BCUT2D eigenvalue weighted by Crippen LogP contribution is -1.98. The van der Waals surface area contributed by atoms with Crippen molar-refractivity contribution < 1.29 is 4.79 Å². The maximum atomic E-state index is 10.4. The van der Waals surface area contributed by atoms with Gasteiger partial charge < -0.3 is 0 Å². The lowest BCUT2D eigenvalue weighted by Gasteiger charge is -2.05. The Kier molecular flexibility index (Phi) is 3.60. The molecule has 0 aromatic heterocycles. The molecule has 0 saturated heterocycles.